The fourth-order valence-electron chi connectivity index (χ4n) is 1.72. The zero-order chi connectivity index (χ0) is 13.1. The van der Waals surface area contributed by atoms with E-state index in [9.17, 15) is 0 Å². The third-order valence-electron chi connectivity index (χ3n) is 2.69. The molecule has 0 aliphatic carbocycles. The zero-order valence-electron chi connectivity index (χ0n) is 11.6. The van der Waals surface area contributed by atoms with Crippen LogP contribution in [-0.4, -0.2) is 12.1 Å². The van der Waals surface area contributed by atoms with E-state index in [-0.39, 0.29) is 5.54 Å². The lowest BCUT2D eigenvalue weighted by Crippen LogP contribution is -2.42. The highest BCUT2D eigenvalue weighted by Crippen LogP contribution is 2.22. The minimum absolute atomic E-state index is 0.198. The van der Waals surface area contributed by atoms with Gasteiger partial charge in [0.1, 0.15) is 0 Å². The lowest BCUT2D eigenvalue weighted by Gasteiger charge is -2.30. The second-order valence-corrected chi connectivity index (χ2v) is 7.82. The average molecular weight is 345 g/mol. The van der Waals surface area contributed by atoms with Gasteiger partial charge in [-0.05, 0) is 72.9 Å². The highest BCUT2D eigenvalue weighted by atomic mass is 127. The van der Waals surface area contributed by atoms with E-state index in [2.05, 4.69) is 86.8 Å². The molecule has 96 valence electrons. The first-order valence-corrected chi connectivity index (χ1v) is 7.25. The molecule has 0 aromatic heterocycles. The number of benzene rings is 1. The Balaban J connectivity index is 2.57. The lowest BCUT2D eigenvalue weighted by molar-refractivity contribution is 0.289. The molecule has 1 nitrogen and oxygen atoms in total. The molecular formula is C15H24IN. The van der Waals surface area contributed by atoms with Crippen LogP contribution in [0.5, 0.6) is 0 Å². The summed E-state index contributed by atoms with van der Waals surface area (Å²) in [6.07, 6.45) is 1.12. The zero-order valence-corrected chi connectivity index (χ0v) is 13.8. The molecule has 0 amide bonds. The largest absolute Gasteiger partial charge is 0.312 e. The van der Waals surface area contributed by atoms with E-state index < -0.39 is 0 Å². The summed E-state index contributed by atoms with van der Waals surface area (Å²) in [4.78, 5) is 0. The molecule has 17 heavy (non-hydrogen) atoms. The Kier molecular flexibility index (Phi) is 5.02. The minimum Gasteiger partial charge on any atom is -0.312 e. The van der Waals surface area contributed by atoms with Crippen LogP contribution in [0.15, 0.2) is 24.3 Å². The summed E-state index contributed by atoms with van der Waals surface area (Å²) in [6.45, 7) is 12.3. The summed E-state index contributed by atoms with van der Waals surface area (Å²) < 4.78 is 1.30. The van der Waals surface area contributed by atoms with Crippen molar-refractivity contribution in [3.8, 4) is 0 Å². The molecule has 0 aliphatic heterocycles. The SMILES string of the molecule is CC(C)(CNC(C)(C)C)Cc1ccc(I)cc1. The molecule has 1 N–H and O–H groups in total. The van der Waals surface area contributed by atoms with Gasteiger partial charge < -0.3 is 5.32 Å². The van der Waals surface area contributed by atoms with Crippen LogP contribution in [-0.2, 0) is 6.42 Å². The van der Waals surface area contributed by atoms with Gasteiger partial charge in [0.15, 0.2) is 0 Å². The summed E-state index contributed by atoms with van der Waals surface area (Å²) in [5.74, 6) is 0. The molecule has 0 bridgehead atoms. The summed E-state index contributed by atoms with van der Waals surface area (Å²) in [6, 6.07) is 8.84. The van der Waals surface area contributed by atoms with Crippen molar-refractivity contribution in [2.45, 2.75) is 46.6 Å². The highest BCUT2D eigenvalue weighted by molar-refractivity contribution is 14.1. The van der Waals surface area contributed by atoms with Gasteiger partial charge in [-0.15, -0.1) is 0 Å². The summed E-state index contributed by atoms with van der Waals surface area (Å²) in [7, 11) is 0. The highest BCUT2D eigenvalue weighted by Gasteiger charge is 2.21. The van der Waals surface area contributed by atoms with Crippen molar-refractivity contribution < 1.29 is 0 Å². The van der Waals surface area contributed by atoms with Gasteiger partial charge in [-0.1, -0.05) is 26.0 Å². The van der Waals surface area contributed by atoms with E-state index in [0.29, 0.717) is 5.41 Å². The Bertz CT molecular complexity index is 346. The smallest absolute Gasteiger partial charge is 0.0130 e. The van der Waals surface area contributed by atoms with E-state index in [0.717, 1.165) is 13.0 Å². The van der Waals surface area contributed by atoms with Gasteiger partial charge in [0.25, 0.3) is 0 Å². The average Bonchev–Trinajstić information content (AvgIpc) is 2.18. The molecule has 2 heteroatoms. The predicted molar refractivity (Wildman–Crippen MR) is 84.4 cm³/mol. The molecule has 0 radical (unpaired) electrons. The maximum absolute atomic E-state index is 3.59. The second kappa shape index (κ2) is 5.70. The summed E-state index contributed by atoms with van der Waals surface area (Å²) >= 11 is 2.35. The van der Waals surface area contributed by atoms with Gasteiger partial charge in [0, 0.05) is 15.7 Å². The maximum atomic E-state index is 3.59. The molecule has 0 aliphatic rings. The molecular weight excluding hydrogens is 321 g/mol. The third-order valence-corrected chi connectivity index (χ3v) is 3.41. The summed E-state index contributed by atoms with van der Waals surface area (Å²) in [5, 5.41) is 3.59. The number of rotatable bonds is 4. The fraction of sp³-hybridized carbons (Fsp3) is 0.600. The molecule has 0 heterocycles. The van der Waals surface area contributed by atoms with Gasteiger partial charge >= 0.3 is 0 Å². The van der Waals surface area contributed by atoms with Crippen LogP contribution in [0.25, 0.3) is 0 Å². The molecule has 0 saturated heterocycles. The van der Waals surface area contributed by atoms with Crippen LogP contribution in [0, 0.1) is 8.99 Å². The first kappa shape index (κ1) is 15.0. The number of hydrogen-bond acceptors (Lipinski definition) is 1. The maximum Gasteiger partial charge on any atom is 0.0130 e. The Hall–Kier alpha value is -0.0900. The van der Waals surface area contributed by atoms with Gasteiger partial charge in [0.05, 0.1) is 0 Å². The molecule has 0 saturated carbocycles. The van der Waals surface area contributed by atoms with Crippen LogP contribution in [0.1, 0.15) is 40.2 Å². The Morgan fingerprint density at radius 3 is 2.00 bits per heavy atom. The van der Waals surface area contributed by atoms with Gasteiger partial charge in [-0.2, -0.15) is 0 Å². The van der Waals surface area contributed by atoms with Gasteiger partial charge in [-0.25, -0.2) is 0 Å². The van der Waals surface area contributed by atoms with Crippen LogP contribution >= 0.6 is 22.6 Å². The quantitative estimate of drug-likeness (QED) is 0.805. The molecule has 1 aromatic carbocycles. The normalized spacial score (nSPS) is 12.8. The van der Waals surface area contributed by atoms with E-state index in [1.54, 1.807) is 0 Å². The van der Waals surface area contributed by atoms with Crippen LogP contribution in [0.2, 0.25) is 0 Å². The Morgan fingerprint density at radius 1 is 1.00 bits per heavy atom. The molecule has 1 rings (SSSR count). The van der Waals surface area contributed by atoms with E-state index in [1.165, 1.54) is 9.13 Å². The van der Waals surface area contributed by atoms with Crippen LogP contribution < -0.4 is 5.32 Å². The van der Waals surface area contributed by atoms with Gasteiger partial charge in [-0.3, -0.25) is 0 Å². The van der Waals surface area contributed by atoms with E-state index >= 15 is 0 Å². The first-order valence-electron chi connectivity index (χ1n) is 6.17. The topological polar surface area (TPSA) is 12.0 Å². The van der Waals surface area contributed by atoms with Crippen LogP contribution in [0.3, 0.4) is 0 Å². The van der Waals surface area contributed by atoms with Crippen molar-refractivity contribution in [3.05, 3.63) is 33.4 Å². The lowest BCUT2D eigenvalue weighted by atomic mass is 9.85. The molecule has 0 unspecified atom stereocenters. The predicted octanol–water partition coefficient (Wildman–Crippen LogP) is 4.25. The van der Waals surface area contributed by atoms with E-state index in [4.69, 9.17) is 0 Å². The monoisotopic (exact) mass is 345 g/mol. The fourth-order valence-corrected chi connectivity index (χ4v) is 2.08. The second-order valence-electron chi connectivity index (χ2n) is 6.57. The van der Waals surface area contributed by atoms with Gasteiger partial charge in [0.2, 0.25) is 0 Å². The van der Waals surface area contributed by atoms with Crippen molar-refractivity contribution in [1.29, 1.82) is 0 Å². The first-order chi connectivity index (χ1) is 7.68. The van der Waals surface area contributed by atoms with Crippen molar-refractivity contribution in [2.75, 3.05) is 6.54 Å². The molecule has 0 spiro atoms. The number of halogens is 1. The standard InChI is InChI=1S/C15H24IN/c1-14(2,3)17-11-15(4,5)10-12-6-8-13(16)9-7-12/h6-9,17H,10-11H2,1-5H3. The van der Waals surface area contributed by atoms with Crippen molar-refractivity contribution in [2.24, 2.45) is 5.41 Å². The number of hydrogen-bond donors (Lipinski definition) is 1. The van der Waals surface area contributed by atoms with E-state index in [1.807, 2.05) is 0 Å². The van der Waals surface area contributed by atoms with Crippen molar-refractivity contribution in [1.82, 2.24) is 5.32 Å². The summed E-state index contributed by atoms with van der Waals surface area (Å²) in [5.41, 5.74) is 1.91. The molecule has 1 aromatic rings. The Labute approximate surface area is 120 Å². The minimum atomic E-state index is 0.198. The molecule has 0 atom stereocenters. The number of nitrogens with one attached hydrogen (secondary N) is 1. The van der Waals surface area contributed by atoms with Crippen LogP contribution in [0.4, 0.5) is 0 Å². The van der Waals surface area contributed by atoms with Crippen molar-refractivity contribution >= 4 is 22.6 Å². The molecule has 0 fully saturated rings. The van der Waals surface area contributed by atoms with Crippen molar-refractivity contribution in [3.63, 3.8) is 0 Å². The third kappa shape index (κ3) is 6.41. The Morgan fingerprint density at radius 2 is 1.53 bits per heavy atom.